The molecule has 1 aliphatic carbocycles. The first-order chi connectivity index (χ1) is 13.6. The van der Waals surface area contributed by atoms with Gasteiger partial charge in [-0.25, -0.2) is 0 Å². The fraction of sp³-hybridized carbons (Fsp3) is 0.739. The minimum atomic E-state index is 0.126. The summed E-state index contributed by atoms with van der Waals surface area (Å²) < 4.78 is 0. The molecule has 0 radical (unpaired) electrons. The fourth-order valence-corrected chi connectivity index (χ4v) is 6.36. The van der Waals surface area contributed by atoms with Gasteiger partial charge in [0.1, 0.15) is 5.69 Å². The van der Waals surface area contributed by atoms with Gasteiger partial charge < -0.3 is 4.90 Å². The van der Waals surface area contributed by atoms with Crippen LogP contribution in [0.3, 0.4) is 0 Å². The summed E-state index contributed by atoms with van der Waals surface area (Å²) in [6.07, 6.45) is 11.1. The predicted octanol–water partition coefficient (Wildman–Crippen LogP) is 3.64. The van der Waals surface area contributed by atoms with Gasteiger partial charge in [-0.1, -0.05) is 31.9 Å². The predicted molar refractivity (Wildman–Crippen MR) is 110 cm³/mol. The van der Waals surface area contributed by atoms with Gasteiger partial charge >= 0.3 is 0 Å². The number of aromatic nitrogens is 2. The number of nitrogens with zero attached hydrogens (tertiary/aromatic N) is 3. The molecule has 1 aromatic heterocycles. The Morgan fingerprint density at radius 2 is 2.18 bits per heavy atom. The van der Waals surface area contributed by atoms with Crippen molar-refractivity contribution in [3.63, 3.8) is 0 Å². The number of hydrogen-bond donors (Lipinski definition) is 1. The van der Waals surface area contributed by atoms with Crippen LogP contribution in [0.15, 0.2) is 17.7 Å². The van der Waals surface area contributed by atoms with Crippen molar-refractivity contribution < 1.29 is 4.79 Å². The van der Waals surface area contributed by atoms with Crippen LogP contribution in [0.5, 0.6) is 0 Å². The molecule has 1 N–H and O–H groups in total. The molecule has 5 nitrogen and oxygen atoms in total. The SMILES string of the molecule is CC(C)Cc1cc(C(=O)N2CCCC3=C[C@H]4C[C@@H](CN5CCCCC45)C32)n[nH]1. The number of amides is 1. The van der Waals surface area contributed by atoms with Gasteiger partial charge in [0.25, 0.3) is 5.91 Å². The zero-order valence-electron chi connectivity index (χ0n) is 17.4. The van der Waals surface area contributed by atoms with Crippen LogP contribution in [0.4, 0.5) is 0 Å². The van der Waals surface area contributed by atoms with E-state index in [4.69, 9.17) is 0 Å². The third-order valence-electron chi connectivity index (χ3n) is 7.40. The summed E-state index contributed by atoms with van der Waals surface area (Å²) in [6, 6.07) is 3.04. The Morgan fingerprint density at radius 3 is 3.04 bits per heavy atom. The van der Waals surface area contributed by atoms with Gasteiger partial charge in [0, 0.05) is 24.8 Å². The Kier molecular flexibility index (Phi) is 4.82. The van der Waals surface area contributed by atoms with E-state index in [0.29, 0.717) is 29.5 Å². The van der Waals surface area contributed by atoms with E-state index in [-0.39, 0.29) is 5.91 Å². The standard InChI is InChI=1S/C23H34N4O/c1-15(2)10-19-13-20(25-24-19)23(28)27-9-5-6-16-11-17-12-18(22(16)27)14-26-8-4-3-7-21(17)26/h11,13,15,17-18,21-22H,3-10,12,14H2,1-2H3,(H,24,25)/t17-,18-,21?,22?/m0/s1. The van der Waals surface area contributed by atoms with Gasteiger partial charge in [-0.15, -0.1) is 0 Å². The largest absolute Gasteiger partial charge is 0.330 e. The van der Waals surface area contributed by atoms with E-state index >= 15 is 0 Å². The molecule has 5 heteroatoms. The zero-order valence-corrected chi connectivity index (χ0v) is 17.4. The number of fused-ring (bicyclic) bond motifs is 6. The molecule has 2 unspecified atom stereocenters. The molecular formula is C23H34N4O. The number of carbonyl (C=O) groups is 1. The lowest BCUT2D eigenvalue weighted by Gasteiger charge is -2.54. The van der Waals surface area contributed by atoms with Gasteiger partial charge in [0.15, 0.2) is 0 Å². The Balaban J connectivity index is 1.40. The maximum Gasteiger partial charge on any atom is 0.274 e. The number of likely N-dealkylation sites (tertiary alicyclic amines) is 1. The Labute approximate surface area is 168 Å². The summed E-state index contributed by atoms with van der Waals surface area (Å²) in [5.41, 5.74) is 3.22. The molecule has 1 amide bonds. The average molecular weight is 383 g/mol. The molecule has 5 rings (SSSR count). The van der Waals surface area contributed by atoms with Crippen LogP contribution >= 0.6 is 0 Å². The second-order valence-corrected chi connectivity index (χ2v) is 9.88. The van der Waals surface area contributed by atoms with Crippen molar-refractivity contribution in [1.82, 2.24) is 20.0 Å². The summed E-state index contributed by atoms with van der Waals surface area (Å²) in [5, 5.41) is 7.47. The van der Waals surface area contributed by atoms with Crippen LogP contribution < -0.4 is 0 Å². The van der Waals surface area contributed by atoms with Gasteiger partial charge in [-0.2, -0.15) is 5.10 Å². The third kappa shape index (κ3) is 3.22. The molecule has 152 valence electrons. The molecule has 1 aromatic rings. The molecule has 4 heterocycles. The van der Waals surface area contributed by atoms with Crippen molar-refractivity contribution in [2.75, 3.05) is 19.6 Å². The first-order valence-electron chi connectivity index (χ1n) is 11.4. The van der Waals surface area contributed by atoms with Crippen LogP contribution in [0.2, 0.25) is 0 Å². The second kappa shape index (κ2) is 7.33. The molecule has 4 atom stereocenters. The summed E-state index contributed by atoms with van der Waals surface area (Å²) in [6.45, 7) is 7.68. The topological polar surface area (TPSA) is 52.2 Å². The van der Waals surface area contributed by atoms with E-state index in [1.807, 2.05) is 6.07 Å². The molecule has 2 bridgehead atoms. The highest BCUT2D eigenvalue weighted by Gasteiger charge is 2.47. The monoisotopic (exact) mass is 382 g/mol. The zero-order chi connectivity index (χ0) is 19.3. The Bertz CT molecular complexity index is 766. The van der Waals surface area contributed by atoms with Crippen LogP contribution in [-0.2, 0) is 6.42 Å². The maximum atomic E-state index is 13.4. The second-order valence-electron chi connectivity index (χ2n) is 9.88. The van der Waals surface area contributed by atoms with Crippen LogP contribution in [0, 0.1) is 17.8 Å². The summed E-state index contributed by atoms with van der Waals surface area (Å²) in [5.74, 6) is 1.99. The molecular weight excluding hydrogens is 348 g/mol. The van der Waals surface area contributed by atoms with Crippen molar-refractivity contribution >= 4 is 5.91 Å². The molecule has 0 saturated carbocycles. The van der Waals surface area contributed by atoms with E-state index in [9.17, 15) is 4.79 Å². The van der Waals surface area contributed by atoms with Gasteiger partial charge in [-0.3, -0.25) is 14.8 Å². The molecule has 0 spiro atoms. The van der Waals surface area contributed by atoms with Crippen molar-refractivity contribution in [3.05, 3.63) is 29.1 Å². The smallest absolute Gasteiger partial charge is 0.274 e. The number of nitrogens with one attached hydrogen (secondary N) is 1. The highest BCUT2D eigenvalue weighted by Crippen LogP contribution is 2.45. The van der Waals surface area contributed by atoms with E-state index in [1.54, 1.807) is 5.57 Å². The number of hydrogen-bond acceptors (Lipinski definition) is 3. The van der Waals surface area contributed by atoms with Crippen molar-refractivity contribution in [1.29, 1.82) is 0 Å². The molecule has 28 heavy (non-hydrogen) atoms. The molecule has 3 aliphatic heterocycles. The number of carbonyl (C=O) groups excluding carboxylic acids is 1. The maximum absolute atomic E-state index is 13.4. The molecule has 3 fully saturated rings. The molecule has 4 aliphatic rings. The average Bonchev–Trinajstić information content (AvgIpc) is 3.15. The van der Waals surface area contributed by atoms with Gasteiger partial charge in [-0.05, 0) is 68.9 Å². The van der Waals surface area contributed by atoms with Crippen LogP contribution in [0.1, 0.15) is 68.6 Å². The first kappa shape index (κ1) is 18.4. The van der Waals surface area contributed by atoms with E-state index in [2.05, 4.69) is 39.9 Å². The number of piperidine rings is 3. The first-order valence-corrected chi connectivity index (χ1v) is 11.4. The summed E-state index contributed by atoms with van der Waals surface area (Å²) >= 11 is 0. The molecule has 3 saturated heterocycles. The lowest BCUT2D eigenvalue weighted by atomic mass is 9.68. The summed E-state index contributed by atoms with van der Waals surface area (Å²) in [4.78, 5) is 18.3. The highest BCUT2D eigenvalue weighted by atomic mass is 16.2. The minimum absolute atomic E-state index is 0.126. The van der Waals surface area contributed by atoms with Crippen molar-refractivity contribution in [2.24, 2.45) is 17.8 Å². The number of rotatable bonds is 3. The lowest BCUT2D eigenvalue weighted by molar-refractivity contribution is 0.00131. The minimum Gasteiger partial charge on any atom is -0.330 e. The van der Waals surface area contributed by atoms with Crippen LogP contribution in [-0.4, -0.2) is 57.6 Å². The Hall–Kier alpha value is -1.62. The third-order valence-corrected chi connectivity index (χ3v) is 7.40. The molecule has 0 aromatic carbocycles. The van der Waals surface area contributed by atoms with Gasteiger partial charge in [0.2, 0.25) is 0 Å². The quantitative estimate of drug-likeness (QED) is 0.812. The highest BCUT2D eigenvalue weighted by molar-refractivity contribution is 5.93. The van der Waals surface area contributed by atoms with E-state index in [1.165, 1.54) is 45.2 Å². The van der Waals surface area contributed by atoms with Gasteiger partial charge in [0.05, 0.1) is 6.04 Å². The van der Waals surface area contributed by atoms with Crippen molar-refractivity contribution in [2.45, 2.75) is 70.9 Å². The lowest BCUT2D eigenvalue weighted by Crippen LogP contribution is -2.60. The van der Waals surface area contributed by atoms with Crippen LogP contribution in [0.25, 0.3) is 0 Å². The fourth-order valence-electron chi connectivity index (χ4n) is 6.36. The van der Waals surface area contributed by atoms with E-state index < -0.39 is 0 Å². The number of aromatic amines is 1. The van der Waals surface area contributed by atoms with Crippen molar-refractivity contribution in [3.8, 4) is 0 Å². The summed E-state index contributed by atoms with van der Waals surface area (Å²) in [7, 11) is 0. The van der Waals surface area contributed by atoms with E-state index in [0.717, 1.165) is 31.1 Å². The number of H-pyrrole nitrogens is 1. The normalized spacial score (nSPS) is 32.7. The Morgan fingerprint density at radius 1 is 1.29 bits per heavy atom.